The van der Waals surface area contributed by atoms with Crippen LogP contribution in [0.4, 0.5) is 0 Å². The highest BCUT2D eigenvalue weighted by Crippen LogP contribution is 2.38. The topological polar surface area (TPSA) is 104 Å². The molecule has 1 aliphatic rings. The van der Waals surface area contributed by atoms with Gasteiger partial charge in [0.1, 0.15) is 17.4 Å². The first-order valence-electron chi connectivity index (χ1n) is 10.4. The summed E-state index contributed by atoms with van der Waals surface area (Å²) in [4.78, 5) is 16.2. The van der Waals surface area contributed by atoms with Crippen molar-refractivity contribution in [2.45, 2.75) is 6.10 Å². The van der Waals surface area contributed by atoms with Crippen molar-refractivity contribution >= 4 is 5.97 Å². The molecule has 2 aromatic carbocycles. The van der Waals surface area contributed by atoms with E-state index < -0.39 is 12.1 Å². The third-order valence-corrected chi connectivity index (χ3v) is 5.38. The predicted molar refractivity (Wildman–Crippen MR) is 119 cm³/mol. The van der Waals surface area contributed by atoms with Crippen LogP contribution in [0.2, 0.25) is 0 Å². The number of nitrogens with zero attached hydrogens (tertiary/aromatic N) is 2. The Labute approximate surface area is 194 Å². The molecule has 2 aromatic heterocycles. The van der Waals surface area contributed by atoms with Gasteiger partial charge in [-0.15, -0.1) is 0 Å². The summed E-state index contributed by atoms with van der Waals surface area (Å²) in [5.74, 6) is 1.47. The lowest BCUT2D eigenvalue weighted by Crippen LogP contribution is -2.12. The zero-order valence-corrected chi connectivity index (χ0v) is 18.1. The Morgan fingerprint density at radius 3 is 2.59 bits per heavy atom. The Kier molecular flexibility index (Phi) is 5.58. The summed E-state index contributed by atoms with van der Waals surface area (Å²) in [6.45, 7) is 0.142. The molecule has 1 aliphatic heterocycles. The van der Waals surface area contributed by atoms with Gasteiger partial charge in [0.15, 0.2) is 17.6 Å². The Bertz CT molecular complexity index is 1370. The van der Waals surface area contributed by atoms with Crippen molar-refractivity contribution in [2.24, 2.45) is 0 Å². The summed E-state index contributed by atoms with van der Waals surface area (Å²) in [7, 11) is 1.33. The van der Waals surface area contributed by atoms with Gasteiger partial charge in [-0.05, 0) is 48.0 Å². The Morgan fingerprint density at radius 1 is 1.06 bits per heavy atom. The first-order valence-corrected chi connectivity index (χ1v) is 10.4. The fourth-order valence-electron chi connectivity index (χ4n) is 3.71. The van der Waals surface area contributed by atoms with Crippen LogP contribution in [0.25, 0.3) is 11.3 Å². The van der Waals surface area contributed by atoms with E-state index in [1.54, 1.807) is 54.7 Å². The van der Waals surface area contributed by atoms with E-state index >= 15 is 0 Å². The number of carbonyl (C=O) groups is 1. The van der Waals surface area contributed by atoms with E-state index in [-0.39, 0.29) is 18.2 Å². The highest BCUT2D eigenvalue weighted by atomic mass is 16.7. The number of aromatic nitrogens is 1. The molecule has 0 radical (unpaired) electrons. The van der Waals surface area contributed by atoms with Gasteiger partial charge in [-0.1, -0.05) is 18.2 Å². The number of nitriles is 1. The monoisotopic (exact) mass is 454 g/mol. The van der Waals surface area contributed by atoms with E-state index in [1.807, 2.05) is 12.1 Å². The molecule has 0 N–H and O–H groups in total. The third kappa shape index (κ3) is 3.91. The molecule has 0 aliphatic carbocycles. The molecule has 0 saturated heterocycles. The number of esters is 1. The quantitative estimate of drug-likeness (QED) is 0.379. The van der Waals surface area contributed by atoms with Gasteiger partial charge in [0.05, 0.1) is 18.9 Å². The lowest BCUT2D eigenvalue weighted by Gasteiger charge is -2.21. The molecular weight excluding hydrogens is 436 g/mol. The minimum atomic E-state index is -0.660. The number of fused-ring (bicyclic) bond motifs is 1. The van der Waals surface area contributed by atoms with E-state index in [2.05, 4.69) is 11.1 Å². The van der Waals surface area contributed by atoms with Crippen LogP contribution in [0.1, 0.15) is 33.2 Å². The second-order valence-corrected chi connectivity index (χ2v) is 7.35. The van der Waals surface area contributed by atoms with Crippen molar-refractivity contribution < 1.29 is 28.2 Å². The molecular formula is C26H18N2O6. The number of furan rings is 1. The van der Waals surface area contributed by atoms with Crippen molar-refractivity contribution in [1.29, 1.82) is 5.26 Å². The van der Waals surface area contributed by atoms with Crippen LogP contribution in [-0.2, 0) is 4.74 Å². The summed E-state index contributed by atoms with van der Waals surface area (Å²) in [6.07, 6.45) is 2.44. The zero-order valence-electron chi connectivity index (χ0n) is 18.1. The summed E-state index contributed by atoms with van der Waals surface area (Å²) >= 11 is 0. The highest BCUT2D eigenvalue weighted by Gasteiger charge is 2.24. The van der Waals surface area contributed by atoms with E-state index in [4.69, 9.17) is 23.4 Å². The van der Waals surface area contributed by atoms with Crippen LogP contribution in [0, 0.1) is 11.3 Å². The number of methoxy groups -OCH3 is 1. The molecule has 5 rings (SSSR count). The van der Waals surface area contributed by atoms with E-state index in [9.17, 15) is 10.1 Å². The van der Waals surface area contributed by atoms with Crippen LogP contribution >= 0.6 is 0 Å². The largest absolute Gasteiger partial charge is 0.465 e. The molecule has 0 amide bonds. The first-order chi connectivity index (χ1) is 16.7. The fourth-order valence-corrected chi connectivity index (χ4v) is 3.71. The molecule has 4 aromatic rings. The number of carbonyl (C=O) groups excluding carboxylic acids is 1. The number of rotatable bonds is 6. The average Bonchev–Trinajstić information content (AvgIpc) is 3.58. The lowest BCUT2D eigenvalue weighted by atomic mass is 9.99. The minimum Gasteiger partial charge on any atom is -0.465 e. The second kappa shape index (κ2) is 9.00. The number of hydrogen-bond donors (Lipinski definition) is 0. The summed E-state index contributed by atoms with van der Waals surface area (Å²) in [5, 5.41) is 9.90. The van der Waals surface area contributed by atoms with Crippen molar-refractivity contribution in [3.05, 3.63) is 95.4 Å². The Balaban J connectivity index is 1.58. The molecule has 168 valence electrons. The maximum atomic E-state index is 11.9. The SMILES string of the molecule is COC(=O)c1ccc(C(Oc2nccc(-c3ccco3)c2C#N)c2ccc3c(c2)OCO3)cc1. The number of ether oxygens (including phenoxy) is 4. The molecule has 0 fully saturated rings. The molecule has 0 saturated carbocycles. The molecule has 1 atom stereocenters. The average molecular weight is 454 g/mol. The van der Waals surface area contributed by atoms with Gasteiger partial charge >= 0.3 is 5.97 Å². The van der Waals surface area contributed by atoms with E-state index in [0.717, 1.165) is 11.1 Å². The maximum Gasteiger partial charge on any atom is 0.337 e. The predicted octanol–water partition coefficient (Wildman–Crippen LogP) is 4.90. The molecule has 0 bridgehead atoms. The van der Waals surface area contributed by atoms with Crippen LogP contribution in [0.5, 0.6) is 17.4 Å². The molecule has 8 heteroatoms. The Morgan fingerprint density at radius 2 is 1.85 bits per heavy atom. The molecule has 34 heavy (non-hydrogen) atoms. The van der Waals surface area contributed by atoms with Crippen molar-refractivity contribution in [3.8, 4) is 34.8 Å². The van der Waals surface area contributed by atoms with Crippen molar-refractivity contribution in [1.82, 2.24) is 4.98 Å². The van der Waals surface area contributed by atoms with Gasteiger partial charge in [0.25, 0.3) is 0 Å². The molecule has 1 unspecified atom stereocenters. The lowest BCUT2D eigenvalue weighted by molar-refractivity contribution is 0.0600. The molecule has 0 spiro atoms. The van der Waals surface area contributed by atoms with Crippen molar-refractivity contribution in [2.75, 3.05) is 13.9 Å². The van der Waals surface area contributed by atoms with Gasteiger partial charge in [-0.3, -0.25) is 0 Å². The van der Waals surface area contributed by atoms with E-state index in [1.165, 1.54) is 13.4 Å². The smallest absolute Gasteiger partial charge is 0.337 e. The zero-order chi connectivity index (χ0) is 23.5. The van der Waals surface area contributed by atoms with E-state index in [0.29, 0.717) is 28.4 Å². The first kappa shape index (κ1) is 21.1. The fraction of sp³-hybridized carbons (Fsp3) is 0.115. The standard InChI is InChI=1S/C26H18N2O6/c1-30-26(29)17-6-4-16(5-7-17)24(18-8-9-22-23(13-18)33-15-32-22)34-25-20(14-27)19(10-11-28-25)21-3-2-12-31-21/h2-13,24H,15H2,1H3. The number of benzene rings is 2. The van der Waals surface area contributed by atoms with Crippen LogP contribution < -0.4 is 14.2 Å². The maximum absolute atomic E-state index is 11.9. The Hall–Kier alpha value is -4.77. The van der Waals surface area contributed by atoms with Gasteiger partial charge in [0.2, 0.25) is 12.7 Å². The van der Waals surface area contributed by atoms with Crippen molar-refractivity contribution in [3.63, 3.8) is 0 Å². The summed E-state index contributed by atoms with van der Waals surface area (Å²) in [5.41, 5.74) is 2.72. The van der Waals surface area contributed by atoms with Crippen LogP contribution in [-0.4, -0.2) is 24.9 Å². The second-order valence-electron chi connectivity index (χ2n) is 7.35. The van der Waals surface area contributed by atoms with Crippen LogP contribution in [0.3, 0.4) is 0 Å². The van der Waals surface area contributed by atoms with Gasteiger partial charge < -0.3 is 23.4 Å². The highest BCUT2D eigenvalue weighted by molar-refractivity contribution is 5.89. The normalized spacial score (nSPS) is 12.6. The number of pyridine rings is 1. The van der Waals surface area contributed by atoms with Crippen LogP contribution in [0.15, 0.2) is 77.5 Å². The molecule has 3 heterocycles. The minimum absolute atomic E-state index is 0.142. The summed E-state index contributed by atoms with van der Waals surface area (Å²) in [6, 6.07) is 19.7. The number of hydrogen-bond acceptors (Lipinski definition) is 8. The molecule has 8 nitrogen and oxygen atoms in total. The third-order valence-electron chi connectivity index (χ3n) is 5.38. The van der Waals surface area contributed by atoms with Gasteiger partial charge in [-0.25, -0.2) is 9.78 Å². The van der Waals surface area contributed by atoms with Gasteiger partial charge in [-0.2, -0.15) is 5.26 Å². The summed E-state index contributed by atoms with van der Waals surface area (Å²) < 4.78 is 27.6. The van der Waals surface area contributed by atoms with Gasteiger partial charge in [0, 0.05) is 17.3 Å².